The standard InChI is InChI=1S/C19H21FN2O5/c1-9-15-12(17(23)13(19(26)27)8-22(15)11-2-3-11)6-14(20)16(9)21-5-4-10(7-21)18(24)25/h6,8,10-11,18,24-25H,2-5,7H2,1H3,(H,26,27). The van der Waals surface area contributed by atoms with Gasteiger partial charge in [-0.25, -0.2) is 9.18 Å². The monoisotopic (exact) mass is 376 g/mol. The van der Waals surface area contributed by atoms with Gasteiger partial charge in [-0.1, -0.05) is 0 Å². The summed E-state index contributed by atoms with van der Waals surface area (Å²) < 4.78 is 16.7. The highest BCUT2D eigenvalue weighted by Gasteiger charge is 2.32. The van der Waals surface area contributed by atoms with Crippen LogP contribution >= 0.6 is 0 Å². The minimum Gasteiger partial charge on any atom is -0.477 e. The normalized spacial score (nSPS) is 20.0. The number of fused-ring (bicyclic) bond motifs is 1. The topological polar surface area (TPSA) is 103 Å². The quantitative estimate of drug-likeness (QED) is 0.701. The number of pyridine rings is 1. The molecule has 8 heteroatoms. The van der Waals surface area contributed by atoms with Gasteiger partial charge in [-0.3, -0.25) is 4.79 Å². The number of anilines is 1. The Bertz CT molecular complexity index is 996. The highest BCUT2D eigenvalue weighted by Crippen LogP contribution is 2.40. The van der Waals surface area contributed by atoms with Crippen molar-refractivity contribution in [2.75, 3.05) is 18.0 Å². The molecule has 1 aliphatic heterocycles. The van der Waals surface area contributed by atoms with Crippen LogP contribution in [0.2, 0.25) is 0 Å². The Morgan fingerprint density at radius 3 is 2.56 bits per heavy atom. The molecule has 0 amide bonds. The third kappa shape index (κ3) is 2.89. The van der Waals surface area contributed by atoms with Crippen molar-refractivity contribution >= 4 is 22.6 Å². The molecule has 1 saturated carbocycles. The fraction of sp³-hybridized carbons (Fsp3) is 0.474. The molecule has 4 rings (SSSR count). The van der Waals surface area contributed by atoms with Gasteiger partial charge in [0.25, 0.3) is 0 Å². The summed E-state index contributed by atoms with van der Waals surface area (Å²) in [5.41, 5.74) is 0.414. The Morgan fingerprint density at radius 2 is 2.00 bits per heavy atom. The van der Waals surface area contributed by atoms with E-state index in [1.54, 1.807) is 16.4 Å². The van der Waals surface area contributed by atoms with E-state index >= 15 is 0 Å². The lowest BCUT2D eigenvalue weighted by Crippen LogP contribution is -2.27. The van der Waals surface area contributed by atoms with E-state index in [0.717, 1.165) is 18.9 Å². The van der Waals surface area contributed by atoms with Crippen LogP contribution in [-0.4, -0.2) is 45.2 Å². The Labute approximate surface area is 154 Å². The van der Waals surface area contributed by atoms with E-state index in [4.69, 9.17) is 0 Å². The molecule has 2 fully saturated rings. The minimum atomic E-state index is -1.46. The van der Waals surface area contributed by atoms with Crippen molar-refractivity contribution in [1.29, 1.82) is 0 Å². The number of hydrogen-bond acceptors (Lipinski definition) is 5. The second-order valence-corrected chi connectivity index (χ2v) is 7.45. The average Bonchev–Trinajstić information content (AvgIpc) is 3.32. The van der Waals surface area contributed by atoms with E-state index < -0.39 is 23.5 Å². The van der Waals surface area contributed by atoms with Crippen LogP contribution in [0.5, 0.6) is 0 Å². The molecule has 1 aromatic carbocycles. The molecule has 2 aromatic rings. The fourth-order valence-corrected chi connectivity index (χ4v) is 4.08. The van der Waals surface area contributed by atoms with Crippen LogP contribution in [0, 0.1) is 18.7 Å². The van der Waals surface area contributed by atoms with Crippen LogP contribution in [0.25, 0.3) is 10.9 Å². The van der Waals surface area contributed by atoms with Crippen molar-refractivity contribution in [2.45, 2.75) is 38.5 Å². The lowest BCUT2D eigenvalue weighted by molar-refractivity contribution is -0.0772. The van der Waals surface area contributed by atoms with E-state index in [9.17, 15) is 29.3 Å². The first kappa shape index (κ1) is 17.9. The van der Waals surface area contributed by atoms with E-state index in [1.807, 2.05) is 0 Å². The number of hydrogen-bond donors (Lipinski definition) is 3. The third-order valence-electron chi connectivity index (χ3n) is 5.61. The lowest BCUT2D eigenvalue weighted by atomic mass is 10.0. The van der Waals surface area contributed by atoms with Gasteiger partial charge in [0.2, 0.25) is 5.43 Å². The highest BCUT2D eigenvalue weighted by atomic mass is 19.1. The van der Waals surface area contributed by atoms with Crippen LogP contribution in [0.1, 0.15) is 41.2 Å². The predicted molar refractivity (Wildman–Crippen MR) is 96.7 cm³/mol. The van der Waals surface area contributed by atoms with E-state index in [2.05, 4.69) is 0 Å². The van der Waals surface area contributed by atoms with Crippen molar-refractivity contribution in [2.24, 2.45) is 5.92 Å². The van der Waals surface area contributed by atoms with E-state index in [0.29, 0.717) is 36.3 Å². The zero-order chi connectivity index (χ0) is 19.5. The van der Waals surface area contributed by atoms with Crippen molar-refractivity contribution in [3.63, 3.8) is 0 Å². The Balaban J connectivity index is 1.94. The summed E-state index contributed by atoms with van der Waals surface area (Å²) in [6, 6.07) is 1.22. The second-order valence-electron chi connectivity index (χ2n) is 7.45. The first-order valence-electron chi connectivity index (χ1n) is 9.02. The molecule has 1 atom stereocenters. The van der Waals surface area contributed by atoms with Gasteiger partial charge in [-0.2, -0.15) is 0 Å². The summed E-state index contributed by atoms with van der Waals surface area (Å²) in [5, 5.41) is 28.2. The van der Waals surface area contributed by atoms with Crippen molar-refractivity contribution in [3.8, 4) is 0 Å². The molecule has 144 valence electrons. The van der Waals surface area contributed by atoms with Crippen LogP contribution < -0.4 is 10.3 Å². The number of aromatic nitrogens is 1. The van der Waals surface area contributed by atoms with Crippen molar-refractivity contribution in [3.05, 3.63) is 39.4 Å². The van der Waals surface area contributed by atoms with E-state index in [1.165, 1.54) is 6.20 Å². The summed E-state index contributed by atoms with van der Waals surface area (Å²) in [7, 11) is 0. The van der Waals surface area contributed by atoms with Gasteiger partial charge in [0.05, 0.1) is 11.2 Å². The molecular formula is C19H21FN2O5. The molecule has 1 aliphatic carbocycles. The first-order valence-corrected chi connectivity index (χ1v) is 9.02. The van der Waals surface area contributed by atoms with Gasteiger partial charge in [0, 0.05) is 36.6 Å². The molecule has 0 bridgehead atoms. The number of benzene rings is 1. The summed E-state index contributed by atoms with van der Waals surface area (Å²) in [6.07, 6.45) is 2.20. The molecule has 2 aliphatic rings. The maximum Gasteiger partial charge on any atom is 0.341 e. The Morgan fingerprint density at radius 1 is 1.30 bits per heavy atom. The summed E-state index contributed by atoms with van der Waals surface area (Å²) in [6.45, 7) is 2.51. The first-order chi connectivity index (χ1) is 12.8. The molecule has 2 heterocycles. The van der Waals surface area contributed by atoms with Gasteiger partial charge in [-0.05, 0) is 37.8 Å². The number of carboxylic acids is 1. The van der Waals surface area contributed by atoms with Crippen LogP contribution in [0.15, 0.2) is 17.1 Å². The zero-order valence-electron chi connectivity index (χ0n) is 14.9. The molecule has 0 radical (unpaired) electrons. The summed E-state index contributed by atoms with van der Waals surface area (Å²) in [5.74, 6) is -2.28. The number of aliphatic hydroxyl groups is 2. The third-order valence-corrected chi connectivity index (χ3v) is 5.61. The molecule has 1 aromatic heterocycles. The molecule has 0 spiro atoms. The molecule has 27 heavy (non-hydrogen) atoms. The van der Waals surface area contributed by atoms with Gasteiger partial charge >= 0.3 is 5.97 Å². The van der Waals surface area contributed by atoms with Crippen LogP contribution in [0.4, 0.5) is 10.1 Å². The molecule has 1 unspecified atom stereocenters. The minimum absolute atomic E-state index is 0.0680. The number of halogens is 1. The Hall–Kier alpha value is -2.45. The zero-order valence-corrected chi connectivity index (χ0v) is 14.9. The van der Waals surface area contributed by atoms with Gasteiger partial charge in [0.15, 0.2) is 6.29 Å². The second kappa shape index (κ2) is 6.31. The smallest absolute Gasteiger partial charge is 0.341 e. The number of nitrogens with zero attached hydrogens (tertiary/aromatic N) is 2. The lowest BCUT2D eigenvalue weighted by Gasteiger charge is -2.24. The summed E-state index contributed by atoms with van der Waals surface area (Å²) in [4.78, 5) is 25.8. The number of carbonyl (C=O) groups is 1. The maximum absolute atomic E-state index is 15.0. The summed E-state index contributed by atoms with van der Waals surface area (Å²) >= 11 is 0. The predicted octanol–water partition coefficient (Wildman–Crippen LogP) is 1.62. The molecule has 3 N–H and O–H groups in total. The van der Waals surface area contributed by atoms with Gasteiger partial charge in [-0.15, -0.1) is 0 Å². The number of aliphatic hydroxyl groups excluding tert-OH is 1. The maximum atomic E-state index is 15.0. The largest absolute Gasteiger partial charge is 0.477 e. The van der Waals surface area contributed by atoms with Crippen molar-refractivity contribution in [1.82, 2.24) is 4.57 Å². The van der Waals surface area contributed by atoms with Crippen molar-refractivity contribution < 1.29 is 24.5 Å². The highest BCUT2D eigenvalue weighted by molar-refractivity contribution is 5.95. The van der Waals surface area contributed by atoms with Gasteiger partial charge in [0.1, 0.15) is 11.4 Å². The molecular weight excluding hydrogens is 355 g/mol. The number of rotatable bonds is 4. The fourth-order valence-electron chi connectivity index (χ4n) is 4.08. The number of aryl methyl sites for hydroxylation is 1. The number of carboxylic acid groups (broad SMARTS) is 1. The van der Waals surface area contributed by atoms with Gasteiger partial charge < -0.3 is 24.8 Å². The van der Waals surface area contributed by atoms with Crippen LogP contribution in [0.3, 0.4) is 0 Å². The molecule has 1 saturated heterocycles. The Kier molecular flexibility index (Phi) is 4.20. The van der Waals surface area contributed by atoms with E-state index in [-0.39, 0.29) is 22.9 Å². The molecule has 7 nitrogen and oxygen atoms in total. The number of aromatic carboxylic acids is 1. The average molecular weight is 376 g/mol. The van der Waals surface area contributed by atoms with Crippen LogP contribution in [-0.2, 0) is 0 Å². The SMILES string of the molecule is Cc1c(N2CCC(C(O)O)C2)c(F)cc2c(=O)c(C(=O)O)cn(C3CC3)c12.